The third kappa shape index (κ3) is 11.1. The average Bonchev–Trinajstić information content (AvgIpc) is 3.04. The van der Waals surface area contributed by atoms with Crippen LogP contribution in [0.15, 0.2) is 54.6 Å². The lowest BCUT2D eigenvalue weighted by Crippen LogP contribution is -2.27. The zero-order valence-electron chi connectivity index (χ0n) is 24.4. The zero-order chi connectivity index (χ0) is 29.2. The molecule has 4 N–H and O–H groups in total. The molecule has 42 heavy (non-hydrogen) atoms. The molecule has 11 nitrogen and oxygen atoms in total. The Kier molecular flexibility index (Phi) is 13.1. The van der Waals surface area contributed by atoms with Crippen molar-refractivity contribution in [2.45, 2.75) is 38.6 Å². The Hall–Kier alpha value is -3.96. The third-order valence-corrected chi connectivity index (χ3v) is 6.99. The summed E-state index contributed by atoms with van der Waals surface area (Å²) in [6.45, 7) is 4.22. The van der Waals surface area contributed by atoms with Crippen molar-refractivity contribution in [2.75, 3.05) is 69.1 Å². The first kappa shape index (κ1) is 31.0. The molecule has 1 fully saturated rings. The molecule has 0 bridgehead atoms. The summed E-state index contributed by atoms with van der Waals surface area (Å²) in [5, 5.41) is 12.8. The van der Waals surface area contributed by atoms with Gasteiger partial charge in [0.1, 0.15) is 5.75 Å². The first-order valence-electron chi connectivity index (χ1n) is 14.8. The number of amides is 1. The number of nitrogens with zero attached hydrogens (tertiary/aromatic N) is 3. The highest BCUT2D eigenvalue weighted by Crippen LogP contribution is 2.24. The fraction of sp³-hybridized carbons (Fsp3) is 0.484. The van der Waals surface area contributed by atoms with Crippen molar-refractivity contribution in [1.29, 1.82) is 0 Å². The summed E-state index contributed by atoms with van der Waals surface area (Å²) in [5.74, 6) is 2.92. The summed E-state index contributed by atoms with van der Waals surface area (Å²) < 4.78 is 16.5. The van der Waals surface area contributed by atoms with Crippen molar-refractivity contribution in [3.63, 3.8) is 0 Å². The van der Waals surface area contributed by atoms with Crippen LogP contribution in [0, 0.1) is 5.92 Å². The molecule has 11 heteroatoms. The maximum Gasteiger partial charge on any atom is 0.251 e. The first-order chi connectivity index (χ1) is 20.7. The van der Waals surface area contributed by atoms with E-state index in [9.17, 15) is 4.79 Å². The molecule has 1 aliphatic carbocycles. The molecule has 226 valence electrons. The van der Waals surface area contributed by atoms with Crippen LogP contribution in [0.3, 0.4) is 0 Å². The smallest absolute Gasteiger partial charge is 0.251 e. The van der Waals surface area contributed by atoms with Crippen LogP contribution in [0.25, 0.3) is 0 Å². The highest BCUT2D eigenvalue weighted by molar-refractivity contribution is 5.94. The van der Waals surface area contributed by atoms with E-state index in [0.29, 0.717) is 75.4 Å². The number of ether oxygens (including phenoxy) is 3. The topological polar surface area (TPSA) is 132 Å². The number of anilines is 3. The lowest BCUT2D eigenvalue weighted by atomic mass is 9.89. The maximum absolute atomic E-state index is 12.0. The lowest BCUT2D eigenvalue weighted by molar-refractivity contribution is 0.0519. The van der Waals surface area contributed by atoms with Gasteiger partial charge in [-0.05, 0) is 48.6 Å². The quantitative estimate of drug-likeness (QED) is 0.162. The second-order valence-corrected chi connectivity index (χ2v) is 10.2. The van der Waals surface area contributed by atoms with Gasteiger partial charge in [-0.2, -0.15) is 15.0 Å². The summed E-state index contributed by atoms with van der Waals surface area (Å²) in [6, 6.07) is 17.0. The van der Waals surface area contributed by atoms with Crippen molar-refractivity contribution in [1.82, 2.24) is 20.3 Å². The number of benzene rings is 2. The van der Waals surface area contributed by atoms with Crippen molar-refractivity contribution in [3.8, 4) is 5.75 Å². The lowest BCUT2D eigenvalue weighted by Gasteiger charge is -2.21. The van der Waals surface area contributed by atoms with Crippen LogP contribution in [-0.4, -0.2) is 74.0 Å². The van der Waals surface area contributed by atoms with E-state index in [2.05, 4.69) is 36.2 Å². The second-order valence-electron chi connectivity index (χ2n) is 10.2. The number of carbonyl (C=O) groups is 1. The molecule has 0 aliphatic heterocycles. The number of rotatable bonds is 18. The predicted molar refractivity (Wildman–Crippen MR) is 164 cm³/mol. The van der Waals surface area contributed by atoms with Gasteiger partial charge >= 0.3 is 0 Å². The molecule has 1 aromatic heterocycles. The van der Waals surface area contributed by atoms with E-state index in [1.54, 1.807) is 19.2 Å². The average molecular weight is 578 g/mol. The Morgan fingerprint density at radius 3 is 2.10 bits per heavy atom. The van der Waals surface area contributed by atoms with E-state index in [1.165, 1.54) is 32.1 Å². The molecule has 0 unspecified atom stereocenters. The SMILES string of the molecule is COc1ccc(CNc2nc(NCCOCCOCCNC(=O)c3ccccc3)nc(NCC3CCCCC3)n2)cc1. The van der Waals surface area contributed by atoms with E-state index in [-0.39, 0.29) is 5.91 Å². The van der Waals surface area contributed by atoms with Gasteiger partial charge in [0.2, 0.25) is 17.8 Å². The molecule has 0 saturated heterocycles. The monoisotopic (exact) mass is 577 g/mol. The van der Waals surface area contributed by atoms with Gasteiger partial charge in [0, 0.05) is 31.7 Å². The second kappa shape index (κ2) is 17.8. The number of methoxy groups -OCH3 is 1. The summed E-state index contributed by atoms with van der Waals surface area (Å²) in [5.41, 5.74) is 1.73. The highest BCUT2D eigenvalue weighted by atomic mass is 16.5. The van der Waals surface area contributed by atoms with Gasteiger partial charge in [0.25, 0.3) is 5.91 Å². The van der Waals surface area contributed by atoms with Crippen LogP contribution in [0.5, 0.6) is 5.75 Å². The van der Waals surface area contributed by atoms with Crippen molar-refractivity contribution < 1.29 is 19.0 Å². The summed E-state index contributed by atoms with van der Waals surface area (Å²) in [4.78, 5) is 25.8. The van der Waals surface area contributed by atoms with Gasteiger partial charge in [-0.25, -0.2) is 0 Å². The minimum atomic E-state index is -0.105. The van der Waals surface area contributed by atoms with Crippen LogP contribution in [0.1, 0.15) is 48.0 Å². The number of hydrogen-bond acceptors (Lipinski definition) is 10. The van der Waals surface area contributed by atoms with E-state index < -0.39 is 0 Å². The first-order valence-corrected chi connectivity index (χ1v) is 14.8. The van der Waals surface area contributed by atoms with Gasteiger partial charge in [0.15, 0.2) is 0 Å². The molecule has 2 aromatic carbocycles. The van der Waals surface area contributed by atoms with Crippen LogP contribution >= 0.6 is 0 Å². The summed E-state index contributed by atoms with van der Waals surface area (Å²) >= 11 is 0. The van der Waals surface area contributed by atoms with E-state index in [0.717, 1.165) is 17.9 Å². The van der Waals surface area contributed by atoms with Crippen molar-refractivity contribution >= 4 is 23.8 Å². The third-order valence-electron chi connectivity index (χ3n) is 6.99. The van der Waals surface area contributed by atoms with Crippen molar-refractivity contribution in [2.24, 2.45) is 5.92 Å². The zero-order valence-corrected chi connectivity index (χ0v) is 24.4. The summed E-state index contributed by atoms with van der Waals surface area (Å²) in [7, 11) is 1.66. The number of hydrogen-bond donors (Lipinski definition) is 4. The van der Waals surface area contributed by atoms with Gasteiger partial charge in [-0.1, -0.05) is 49.6 Å². The molecule has 1 saturated carbocycles. The van der Waals surface area contributed by atoms with Crippen molar-refractivity contribution in [3.05, 3.63) is 65.7 Å². The normalized spacial score (nSPS) is 13.4. The molecule has 0 atom stereocenters. The molecule has 1 aliphatic rings. The Bertz CT molecular complexity index is 1190. The van der Waals surface area contributed by atoms with Gasteiger partial charge in [-0.15, -0.1) is 0 Å². The summed E-state index contributed by atoms with van der Waals surface area (Å²) in [6.07, 6.45) is 6.41. The number of aromatic nitrogens is 3. The fourth-order valence-electron chi connectivity index (χ4n) is 4.65. The Morgan fingerprint density at radius 1 is 0.762 bits per heavy atom. The maximum atomic E-state index is 12.0. The Morgan fingerprint density at radius 2 is 1.40 bits per heavy atom. The molecule has 3 aromatic rings. The van der Waals surface area contributed by atoms with Gasteiger partial charge in [-0.3, -0.25) is 4.79 Å². The number of nitrogens with one attached hydrogen (secondary N) is 4. The number of carbonyl (C=O) groups excluding carboxylic acids is 1. The van der Waals surface area contributed by atoms with Crippen LogP contribution in [-0.2, 0) is 16.0 Å². The molecule has 1 heterocycles. The standard InChI is InChI=1S/C31H43N7O4/c1-40-27-14-12-25(13-15-27)23-35-31-37-29(36-30(38-31)34-22-24-8-4-2-5-9-24)33-17-19-42-21-20-41-18-16-32-28(39)26-10-6-3-7-11-26/h3,6-7,10-15,24H,2,4-5,8-9,16-23H2,1H3,(H,32,39)(H3,33,34,35,36,37,38). The Balaban J connectivity index is 1.16. The van der Waals surface area contributed by atoms with Gasteiger partial charge in [0.05, 0.1) is 33.5 Å². The van der Waals surface area contributed by atoms with E-state index in [4.69, 9.17) is 14.2 Å². The van der Waals surface area contributed by atoms with Gasteiger partial charge < -0.3 is 35.5 Å². The van der Waals surface area contributed by atoms with Crippen LogP contribution < -0.4 is 26.0 Å². The fourth-order valence-corrected chi connectivity index (χ4v) is 4.65. The van der Waals surface area contributed by atoms with Crippen LogP contribution in [0.4, 0.5) is 17.8 Å². The Labute approximate surface area is 248 Å². The molecule has 0 spiro atoms. The minimum Gasteiger partial charge on any atom is -0.497 e. The predicted octanol–water partition coefficient (Wildman–Crippen LogP) is 4.36. The highest BCUT2D eigenvalue weighted by Gasteiger charge is 2.14. The molecule has 0 radical (unpaired) electrons. The van der Waals surface area contributed by atoms with E-state index in [1.807, 2.05) is 42.5 Å². The van der Waals surface area contributed by atoms with E-state index >= 15 is 0 Å². The molecular formula is C31H43N7O4. The largest absolute Gasteiger partial charge is 0.497 e. The molecule has 1 amide bonds. The molecule has 4 rings (SSSR count). The minimum absolute atomic E-state index is 0.105. The molecular weight excluding hydrogens is 534 g/mol. The van der Waals surface area contributed by atoms with Crippen LogP contribution in [0.2, 0.25) is 0 Å².